The average Bonchev–Trinajstić information content (AvgIpc) is 2.90. The highest BCUT2D eigenvalue weighted by Crippen LogP contribution is 2.14. The van der Waals surface area contributed by atoms with Gasteiger partial charge < -0.3 is 9.64 Å². The summed E-state index contributed by atoms with van der Waals surface area (Å²) >= 11 is 0. The highest BCUT2D eigenvalue weighted by atomic mass is 16.5. The highest BCUT2D eigenvalue weighted by molar-refractivity contribution is 5.94. The molecule has 18 heavy (non-hydrogen) atoms. The molecule has 94 valence electrons. The van der Waals surface area contributed by atoms with Gasteiger partial charge in [0, 0.05) is 25.8 Å². The second-order valence-electron chi connectivity index (χ2n) is 4.51. The van der Waals surface area contributed by atoms with Gasteiger partial charge in [-0.25, -0.2) is 0 Å². The second kappa shape index (κ2) is 5.65. The van der Waals surface area contributed by atoms with Crippen molar-refractivity contribution in [3.05, 3.63) is 35.4 Å². The van der Waals surface area contributed by atoms with E-state index in [1.165, 1.54) is 0 Å². The number of nitriles is 1. The van der Waals surface area contributed by atoms with Crippen LogP contribution >= 0.6 is 0 Å². The zero-order chi connectivity index (χ0) is 13.0. The molecule has 1 aromatic carbocycles. The van der Waals surface area contributed by atoms with Gasteiger partial charge in [0.25, 0.3) is 5.91 Å². The summed E-state index contributed by atoms with van der Waals surface area (Å²) < 4.78 is 5.51. The molecule has 1 fully saturated rings. The van der Waals surface area contributed by atoms with Gasteiger partial charge in [-0.2, -0.15) is 5.26 Å². The predicted molar refractivity (Wildman–Crippen MR) is 67.1 cm³/mol. The number of carbonyl (C=O) groups excluding carboxylic acids is 1. The maximum Gasteiger partial charge on any atom is 0.253 e. The van der Waals surface area contributed by atoms with Crippen molar-refractivity contribution < 1.29 is 9.53 Å². The number of likely N-dealkylation sites (N-methyl/N-ethyl adjacent to an activating group) is 1. The number of benzene rings is 1. The monoisotopic (exact) mass is 244 g/mol. The quantitative estimate of drug-likeness (QED) is 0.814. The van der Waals surface area contributed by atoms with Gasteiger partial charge in [0.2, 0.25) is 0 Å². The SMILES string of the molecule is CN(CC1CCCO1)C(=O)c1cccc(C#N)c1. The van der Waals surface area contributed by atoms with Gasteiger partial charge in [0.05, 0.1) is 17.7 Å². The number of carbonyl (C=O) groups is 1. The maximum absolute atomic E-state index is 12.2. The van der Waals surface area contributed by atoms with Crippen molar-refractivity contribution in [1.29, 1.82) is 5.26 Å². The highest BCUT2D eigenvalue weighted by Gasteiger charge is 2.20. The van der Waals surface area contributed by atoms with Gasteiger partial charge in [0.15, 0.2) is 0 Å². The van der Waals surface area contributed by atoms with E-state index >= 15 is 0 Å². The third kappa shape index (κ3) is 2.88. The van der Waals surface area contributed by atoms with Crippen molar-refractivity contribution in [3.63, 3.8) is 0 Å². The van der Waals surface area contributed by atoms with E-state index in [4.69, 9.17) is 10.00 Å². The molecule has 0 bridgehead atoms. The first-order valence-electron chi connectivity index (χ1n) is 6.08. The molecular formula is C14H16N2O2. The Labute approximate surface area is 107 Å². The van der Waals surface area contributed by atoms with Crippen LogP contribution in [-0.2, 0) is 4.74 Å². The van der Waals surface area contributed by atoms with Crippen LogP contribution in [-0.4, -0.2) is 37.1 Å². The Kier molecular flexibility index (Phi) is 3.96. The molecule has 4 heteroatoms. The van der Waals surface area contributed by atoms with Crippen LogP contribution in [0.1, 0.15) is 28.8 Å². The molecule has 1 aliphatic heterocycles. The lowest BCUT2D eigenvalue weighted by atomic mass is 10.1. The first kappa shape index (κ1) is 12.6. The smallest absolute Gasteiger partial charge is 0.253 e. The van der Waals surface area contributed by atoms with Crippen molar-refractivity contribution in [3.8, 4) is 6.07 Å². The van der Waals surface area contributed by atoms with E-state index in [0.29, 0.717) is 17.7 Å². The minimum atomic E-state index is -0.0670. The Hall–Kier alpha value is -1.86. The minimum absolute atomic E-state index is 0.0670. The topological polar surface area (TPSA) is 53.3 Å². The van der Waals surface area contributed by atoms with Gasteiger partial charge in [0.1, 0.15) is 0 Å². The van der Waals surface area contributed by atoms with E-state index in [0.717, 1.165) is 19.4 Å². The Morgan fingerprint density at radius 1 is 1.61 bits per heavy atom. The molecule has 1 aromatic rings. The molecule has 1 unspecified atom stereocenters. The lowest BCUT2D eigenvalue weighted by Gasteiger charge is -2.20. The number of hydrogen-bond acceptors (Lipinski definition) is 3. The fourth-order valence-electron chi connectivity index (χ4n) is 2.12. The lowest BCUT2D eigenvalue weighted by molar-refractivity contribution is 0.0587. The lowest BCUT2D eigenvalue weighted by Crippen LogP contribution is -2.34. The van der Waals surface area contributed by atoms with Crippen LogP contribution in [0, 0.1) is 11.3 Å². The van der Waals surface area contributed by atoms with E-state index < -0.39 is 0 Å². The van der Waals surface area contributed by atoms with Gasteiger partial charge >= 0.3 is 0 Å². The van der Waals surface area contributed by atoms with Gasteiger partial charge in [-0.15, -0.1) is 0 Å². The Morgan fingerprint density at radius 2 is 2.44 bits per heavy atom. The van der Waals surface area contributed by atoms with E-state index in [2.05, 4.69) is 0 Å². The molecular weight excluding hydrogens is 228 g/mol. The van der Waals surface area contributed by atoms with Gasteiger partial charge in [-0.05, 0) is 31.0 Å². The van der Waals surface area contributed by atoms with Crippen LogP contribution in [0.5, 0.6) is 0 Å². The van der Waals surface area contributed by atoms with Crippen LogP contribution in [0.2, 0.25) is 0 Å². The number of amides is 1. The molecule has 1 aliphatic rings. The summed E-state index contributed by atoms with van der Waals surface area (Å²) in [6, 6.07) is 8.81. The molecule has 0 N–H and O–H groups in total. The maximum atomic E-state index is 12.2. The van der Waals surface area contributed by atoms with E-state index in [1.807, 2.05) is 6.07 Å². The third-order valence-electron chi connectivity index (χ3n) is 3.09. The molecule has 0 aliphatic carbocycles. The Bertz CT molecular complexity index is 473. The van der Waals surface area contributed by atoms with Crippen molar-refractivity contribution >= 4 is 5.91 Å². The van der Waals surface area contributed by atoms with Crippen LogP contribution in [0.25, 0.3) is 0 Å². The standard InChI is InChI=1S/C14H16N2O2/c1-16(10-13-6-3-7-18-13)14(17)12-5-2-4-11(8-12)9-15/h2,4-5,8,13H,3,6-7,10H2,1H3. The number of rotatable bonds is 3. The molecule has 1 saturated heterocycles. The Morgan fingerprint density at radius 3 is 3.11 bits per heavy atom. The van der Waals surface area contributed by atoms with Crippen LogP contribution in [0.15, 0.2) is 24.3 Å². The molecule has 1 amide bonds. The van der Waals surface area contributed by atoms with Crippen LogP contribution in [0.3, 0.4) is 0 Å². The van der Waals surface area contributed by atoms with Gasteiger partial charge in [-0.1, -0.05) is 6.07 Å². The summed E-state index contributed by atoms with van der Waals surface area (Å²) in [4.78, 5) is 13.8. The molecule has 1 heterocycles. The second-order valence-corrected chi connectivity index (χ2v) is 4.51. The summed E-state index contributed by atoms with van der Waals surface area (Å²) in [7, 11) is 1.77. The number of ether oxygens (including phenoxy) is 1. The van der Waals surface area contributed by atoms with Gasteiger partial charge in [-0.3, -0.25) is 4.79 Å². The minimum Gasteiger partial charge on any atom is -0.376 e. The first-order valence-corrected chi connectivity index (χ1v) is 6.08. The predicted octanol–water partition coefficient (Wildman–Crippen LogP) is 1.81. The number of hydrogen-bond donors (Lipinski definition) is 0. The summed E-state index contributed by atoms with van der Waals surface area (Å²) in [5.41, 5.74) is 1.06. The molecule has 2 rings (SSSR count). The van der Waals surface area contributed by atoms with Crippen LogP contribution in [0.4, 0.5) is 0 Å². The average molecular weight is 244 g/mol. The molecule has 1 atom stereocenters. The third-order valence-corrected chi connectivity index (χ3v) is 3.09. The summed E-state index contributed by atoms with van der Waals surface area (Å²) in [6.07, 6.45) is 2.23. The fraction of sp³-hybridized carbons (Fsp3) is 0.429. The summed E-state index contributed by atoms with van der Waals surface area (Å²) in [5.74, 6) is -0.0670. The van der Waals surface area contributed by atoms with Crippen LogP contribution < -0.4 is 0 Å². The summed E-state index contributed by atoms with van der Waals surface area (Å²) in [5, 5.41) is 8.82. The van der Waals surface area contributed by atoms with Crippen molar-refractivity contribution in [1.82, 2.24) is 4.90 Å². The number of nitrogens with zero attached hydrogens (tertiary/aromatic N) is 2. The molecule has 4 nitrogen and oxygen atoms in total. The van der Waals surface area contributed by atoms with E-state index in [1.54, 1.807) is 36.2 Å². The van der Waals surface area contributed by atoms with Crippen molar-refractivity contribution in [2.75, 3.05) is 20.2 Å². The van der Waals surface area contributed by atoms with Crippen molar-refractivity contribution in [2.24, 2.45) is 0 Å². The zero-order valence-corrected chi connectivity index (χ0v) is 10.4. The normalized spacial score (nSPS) is 18.3. The van der Waals surface area contributed by atoms with E-state index in [9.17, 15) is 4.79 Å². The molecule has 0 radical (unpaired) electrons. The first-order chi connectivity index (χ1) is 8.70. The zero-order valence-electron chi connectivity index (χ0n) is 10.4. The fourth-order valence-corrected chi connectivity index (χ4v) is 2.12. The molecule has 0 saturated carbocycles. The Balaban J connectivity index is 2.03. The van der Waals surface area contributed by atoms with E-state index in [-0.39, 0.29) is 12.0 Å². The largest absolute Gasteiger partial charge is 0.376 e. The molecule has 0 spiro atoms. The molecule has 0 aromatic heterocycles. The van der Waals surface area contributed by atoms with Crippen molar-refractivity contribution in [2.45, 2.75) is 18.9 Å². The summed E-state index contributed by atoms with van der Waals surface area (Å²) in [6.45, 7) is 1.40.